The molecule has 1 aliphatic rings. The van der Waals surface area contributed by atoms with Crippen molar-refractivity contribution in [2.24, 2.45) is 0 Å². The SMILES string of the molecule is CC.COC1(OC)CN(C)C1. The molecule has 1 fully saturated rings. The van der Waals surface area contributed by atoms with Crippen molar-refractivity contribution in [1.82, 2.24) is 4.90 Å². The Hall–Kier alpha value is -0.120. The third-order valence-electron chi connectivity index (χ3n) is 1.77. The van der Waals surface area contributed by atoms with Crippen molar-refractivity contribution in [2.75, 3.05) is 34.4 Å². The van der Waals surface area contributed by atoms with E-state index in [0.29, 0.717) is 0 Å². The number of hydrogen-bond donors (Lipinski definition) is 0. The second kappa shape index (κ2) is 4.70. The number of likely N-dealkylation sites (N-methyl/N-ethyl adjacent to an activating group) is 1. The van der Waals surface area contributed by atoms with Crippen molar-refractivity contribution < 1.29 is 9.47 Å². The zero-order valence-electron chi connectivity index (χ0n) is 8.18. The van der Waals surface area contributed by atoms with Crippen molar-refractivity contribution in [2.45, 2.75) is 19.6 Å². The molecule has 0 aromatic carbocycles. The average Bonchev–Trinajstić information content (AvgIpc) is 2.02. The lowest BCUT2D eigenvalue weighted by Crippen LogP contribution is -2.62. The number of methoxy groups -OCH3 is 2. The quantitative estimate of drug-likeness (QED) is 0.563. The molecule has 68 valence electrons. The van der Waals surface area contributed by atoms with Gasteiger partial charge in [-0.1, -0.05) is 13.8 Å². The van der Waals surface area contributed by atoms with Crippen molar-refractivity contribution in [1.29, 1.82) is 0 Å². The van der Waals surface area contributed by atoms with Gasteiger partial charge in [-0.15, -0.1) is 0 Å². The van der Waals surface area contributed by atoms with Crippen LogP contribution >= 0.6 is 0 Å². The van der Waals surface area contributed by atoms with Gasteiger partial charge in [0.05, 0.1) is 13.1 Å². The van der Waals surface area contributed by atoms with Gasteiger partial charge < -0.3 is 9.47 Å². The lowest BCUT2D eigenvalue weighted by Gasteiger charge is -2.45. The van der Waals surface area contributed by atoms with Gasteiger partial charge in [0, 0.05) is 14.2 Å². The fraction of sp³-hybridized carbons (Fsp3) is 1.00. The van der Waals surface area contributed by atoms with Crippen molar-refractivity contribution in [3.05, 3.63) is 0 Å². The molecule has 0 aromatic rings. The molecule has 11 heavy (non-hydrogen) atoms. The van der Waals surface area contributed by atoms with Gasteiger partial charge in [-0.25, -0.2) is 0 Å². The highest BCUT2D eigenvalue weighted by molar-refractivity contribution is 4.86. The van der Waals surface area contributed by atoms with E-state index in [0.717, 1.165) is 13.1 Å². The number of nitrogens with zero attached hydrogens (tertiary/aromatic N) is 1. The second-order valence-corrected chi connectivity index (χ2v) is 2.49. The van der Waals surface area contributed by atoms with Gasteiger partial charge in [0.2, 0.25) is 0 Å². The van der Waals surface area contributed by atoms with Gasteiger partial charge in [-0.05, 0) is 7.05 Å². The zero-order valence-corrected chi connectivity index (χ0v) is 8.18. The molecule has 1 heterocycles. The summed E-state index contributed by atoms with van der Waals surface area (Å²) in [6.45, 7) is 5.75. The second-order valence-electron chi connectivity index (χ2n) is 2.49. The van der Waals surface area contributed by atoms with Crippen LogP contribution in [-0.4, -0.2) is 45.0 Å². The number of rotatable bonds is 2. The maximum absolute atomic E-state index is 5.13. The van der Waals surface area contributed by atoms with E-state index in [9.17, 15) is 0 Å². The maximum atomic E-state index is 5.13. The molecule has 0 radical (unpaired) electrons. The van der Waals surface area contributed by atoms with Crippen LogP contribution in [0.25, 0.3) is 0 Å². The molecular formula is C8H19NO2. The Kier molecular flexibility index (Phi) is 4.65. The molecule has 1 saturated heterocycles. The van der Waals surface area contributed by atoms with Crippen LogP contribution in [0.2, 0.25) is 0 Å². The predicted octanol–water partition coefficient (Wildman–Crippen LogP) is 0.947. The molecule has 0 amide bonds. The Morgan fingerprint density at radius 1 is 1.09 bits per heavy atom. The van der Waals surface area contributed by atoms with Gasteiger partial charge in [-0.3, -0.25) is 4.90 Å². The van der Waals surface area contributed by atoms with Crippen LogP contribution in [0, 0.1) is 0 Å². The lowest BCUT2D eigenvalue weighted by molar-refractivity contribution is -0.270. The Labute approximate surface area is 69.3 Å². The van der Waals surface area contributed by atoms with Gasteiger partial charge in [0.25, 0.3) is 0 Å². The molecule has 0 aromatic heterocycles. The van der Waals surface area contributed by atoms with E-state index in [1.807, 2.05) is 20.9 Å². The lowest BCUT2D eigenvalue weighted by atomic mass is 10.1. The molecular weight excluding hydrogens is 142 g/mol. The van der Waals surface area contributed by atoms with Crippen LogP contribution in [0.3, 0.4) is 0 Å². The Bertz CT molecular complexity index is 94.3. The average molecular weight is 161 g/mol. The first kappa shape index (κ1) is 10.9. The van der Waals surface area contributed by atoms with E-state index >= 15 is 0 Å². The van der Waals surface area contributed by atoms with E-state index in [4.69, 9.17) is 9.47 Å². The monoisotopic (exact) mass is 161 g/mol. The third kappa shape index (κ3) is 2.43. The molecule has 0 aliphatic carbocycles. The molecule has 1 rings (SSSR count). The van der Waals surface area contributed by atoms with E-state index in [1.165, 1.54) is 0 Å². The van der Waals surface area contributed by atoms with Crippen LogP contribution in [0.5, 0.6) is 0 Å². The Morgan fingerprint density at radius 3 is 1.55 bits per heavy atom. The van der Waals surface area contributed by atoms with Crippen LogP contribution < -0.4 is 0 Å². The van der Waals surface area contributed by atoms with Gasteiger partial charge >= 0.3 is 0 Å². The number of likely N-dealkylation sites (tertiary alicyclic amines) is 1. The summed E-state index contributed by atoms with van der Waals surface area (Å²) in [5, 5.41) is 0. The summed E-state index contributed by atoms with van der Waals surface area (Å²) in [4.78, 5) is 2.15. The van der Waals surface area contributed by atoms with Crippen LogP contribution in [0.4, 0.5) is 0 Å². The number of hydrogen-bond acceptors (Lipinski definition) is 3. The van der Waals surface area contributed by atoms with Crippen LogP contribution in [0.15, 0.2) is 0 Å². The predicted molar refractivity (Wildman–Crippen MR) is 45.6 cm³/mol. The standard InChI is InChI=1S/C6H13NO2.C2H6/c1-7-4-6(5-7,8-2)9-3;1-2/h4-5H2,1-3H3;1-2H3. The minimum Gasteiger partial charge on any atom is -0.351 e. The molecule has 0 spiro atoms. The Balaban J connectivity index is 0.000000461. The highest BCUT2D eigenvalue weighted by atomic mass is 16.7. The van der Waals surface area contributed by atoms with E-state index in [2.05, 4.69) is 4.90 Å². The fourth-order valence-corrected chi connectivity index (χ4v) is 1.12. The van der Waals surface area contributed by atoms with Gasteiger partial charge in [-0.2, -0.15) is 0 Å². The molecule has 3 heteroatoms. The molecule has 0 atom stereocenters. The molecule has 0 N–H and O–H groups in total. The van der Waals surface area contributed by atoms with Crippen LogP contribution in [0.1, 0.15) is 13.8 Å². The summed E-state index contributed by atoms with van der Waals surface area (Å²) in [5.41, 5.74) is 0. The van der Waals surface area contributed by atoms with Crippen molar-refractivity contribution >= 4 is 0 Å². The first-order chi connectivity index (χ1) is 5.22. The summed E-state index contributed by atoms with van der Waals surface area (Å²) < 4.78 is 10.3. The Morgan fingerprint density at radius 2 is 1.45 bits per heavy atom. The normalized spacial score (nSPS) is 21.5. The topological polar surface area (TPSA) is 21.7 Å². The first-order valence-electron chi connectivity index (χ1n) is 4.01. The smallest absolute Gasteiger partial charge is 0.193 e. The summed E-state index contributed by atoms with van der Waals surface area (Å²) in [6, 6.07) is 0. The number of ether oxygens (including phenoxy) is 2. The first-order valence-corrected chi connectivity index (χ1v) is 4.01. The summed E-state index contributed by atoms with van der Waals surface area (Å²) in [6.07, 6.45) is 0. The summed E-state index contributed by atoms with van der Waals surface area (Å²) >= 11 is 0. The molecule has 1 aliphatic heterocycles. The van der Waals surface area contributed by atoms with Gasteiger partial charge in [0.1, 0.15) is 0 Å². The molecule has 0 bridgehead atoms. The van der Waals surface area contributed by atoms with Gasteiger partial charge in [0.15, 0.2) is 5.79 Å². The van der Waals surface area contributed by atoms with E-state index in [1.54, 1.807) is 14.2 Å². The zero-order chi connectivity index (χ0) is 8.91. The van der Waals surface area contributed by atoms with Crippen molar-refractivity contribution in [3.63, 3.8) is 0 Å². The largest absolute Gasteiger partial charge is 0.351 e. The molecule has 3 nitrogen and oxygen atoms in total. The van der Waals surface area contributed by atoms with Crippen LogP contribution in [-0.2, 0) is 9.47 Å². The molecule has 0 unspecified atom stereocenters. The van der Waals surface area contributed by atoms with Crippen molar-refractivity contribution in [3.8, 4) is 0 Å². The molecule has 0 saturated carbocycles. The summed E-state index contributed by atoms with van der Waals surface area (Å²) in [5.74, 6) is -0.297. The maximum Gasteiger partial charge on any atom is 0.193 e. The van der Waals surface area contributed by atoms with E-state index < -0.39 is 0 Å². The minimum absolute atomic E-state index is 0.297. The summed E-state index contributed by atoms with van der Waals surface area (Å²) in [7, 11) is 5.39. The van der Waals surface area contributed by atoms with E-state index in [-0.39, 0.29) is 5.79 Å². The fourth-order valence-electron chi connectivity index (χ4n) is 1.12. The highest BCUT2D eigenvalue weighted by Crippen LogP contribution is 2.22. The minimum atomic E-state index is -0.297. The third-order valence-corrected chi connectivity index (χ3v) is 1.77. The highest BCUT2D eigenvalue weighted by Gasteiger charge is 2.41.